The topological polar surface area (TPSA) is 73.1 Å². The molecular formula is C20H30ClN5. The summed E-state index contributed by atoms with van der Waals surface area (Å²) >= 11 is 6.55. The smallest absolute Gasteiger partial charge is 0.130 e. The Labute approximate surface area is 161 Å². The van der Waals surface area contributed by atoms with E-state index in [4.69, 9.17) is 23.1 Å². The molecule has 1 aromatic heterocycles. The van der Waals surface area contributed by atoms with Gasteiger partial charge in [-0.1, -0.05) is 55.8 Å². The molecule has 0 aliphatic carbocycles. The van der Waals surface area contributed by atoms with Crippen LogP contribution in [0.3, 0.4) is 0 Å². The molecule has 0 radical (unpaired) electrons. The lowest BCUT2D eigenvalue weighted by atomic mass is 10.1. The zero-order valence-corrected chi connectivity index (χ0v) is 16.8. The van der Waals surface area contributed by atoms with Gasteiger partial charge in [0.2, 0.25) is 0 Å². The number of nitrogens with zero attached hydrogens (tertiary/aromatic N) is 3. The van der Waals surface area contributed by atoms with Gasteiger partial charge in [0.25, 0.3) is 0 Å². The van der Waals surface area contributed by atoms with Crippen LogP contribution in [0.2, 0.25) is 0 Å². The van der Waals surface area contributed by atoms with Gasteiger partial charge in [-0.05, 0) is 38.4 Å². The molecule has 6 heteroatoms. The Bertz CT molecular complexity index is 730. The lowest BCUT2D eigenvalue weighted by Crippen LogP contribution is -2.25. The molecule has 0 saturated carbocycles. The largest absolute Gasteiger partial charge is 0.397 e. The number of aromatic nitrogens is 2. The molecular weight excluding hydrogens is 346 g/mol. The summed E-state index contributed by atoms with van der Waals surface area (Å²) in [6, 6.07) is 9.67. The van der Waals surface area contributed by atoms with Gasteiger partial charge in [0.05, 0.1) is 28.5 Å². The van der Waals surface area contributed by atoms with Crippen molar-refractivity contribution >= 4 is 28.1 Å². The summed E-state index contributed by atoms with van der Waals surface area (Å²) in [6.07, 6.45) is 2.56. The van der Waals surface area contributed by atoms with Gasteiger partial charge in [0.15, 0.2) is 0 Å². The Balaban J connectivity index is 0.00000117. The second kappa shape index (κ2) is 9.64. The highest BCUT2D eigenvalue weighted by atomic mass is 35.5. The lowest BCUT2D eigenvalue weighted by Gasteiger charge is -2.14. The fourth-order valence-electron chi connectivity index (χ4n) is 3.16. The maximum Gasteiger partial charge on any atom is 0.130 e. The molecule has 1 saturated heterocycles. The van der Waals surface area contributed by atoms with Crippen LogP contribution in [-0.2, 0) is 6.54 Å². The first kappa shape index (κ1) is 20.3. The molecule has 5 nitrogen and oxygen atoms in total. The molecule has 0 atom stereocenters. The maximum absolute atomic E-state index is 6.55. The number of rotatable bonds is 5. The highest BCUT2D eigenvalue weighted by Crippen LogP contribution is 2.32. The number of anilines is 1. The maximum atomic E-state index is 6.55. The molecule has 0 bridgehead atoms. The molecule has 0 amide bonds. The second-order valence-corrected chi connectivity index (χ2v) is 6.59. The van der Waals surface area contributed by atoms with E-state index in [1.54, 1.807) is 0 Å². The highest BCUT2D eigenvalue weighted by molar-refractivity contribution is 6.53. The molecule has 2 heterocycles. The van der Waals surface area contributed by atoms with Crippen LogP contribution in [0.1, 0.15) is 43.5 Å². The number of nitrogens with two attached hydrogens (primary N) is 2. The summed E-state index contributed by atoms with van der Waals surface area (Å²) in [4.78, 5) is 2.44. The fourth-order valence-corrected chi connectivity index (χ4v) is 3.51. The zero-order chi connectivity index (χ0) is 19.1. The lowest BCUT2D eigenvalue weighted by molar-refractivity contribution is 0.316. The number of nitrogen functional groups attached to an aromatic ring is 1. The van der Waals surface area contributed by atoms with Crippen LogP contribution in [0.25, 0.3) is 10.7 Å². The van der Waals surface area contributed by atoms with Crippen molar-refractivity contribution in [1.29, 1.82) is 0 Å². The van der Waals surface area contributed by atoms with Crippen molar-refractivity contribution in [1.82, 2.24) is 14.7 Å². The monoisotopic (exact) mass is 375 g/mol. The van der Waals surface area contributed by atoms with Gasteiger partial charge in [-0.3, -0.25) is 0 Å². The summed E-state index contributed by atoms with van der Waals surface area (Å²) < 4.78 is 1.84. The van der Waals surface area contributed by atoms with E-state index in [0.29, 0.717) is 16.5 Å². The Morgan fingerprint density at radius 3 is 2.35 bits per heavy atom. The number of hydrogen-bond donors (Lipinski definition) is 2. The van der Waals surface area contributed by atoms with Crippen LogP contribution < -0.4 is 11.5 Å². The zero-order valence-electron chi connectivity index (χ0n) is 16.0. The number of halogens is 1. The van der Waals surface area contributed by atoms with E-state index in [0.717, 1.165) is 43.0 Å². The average Bonchev–Trinajstić information content (AvgIpc) is 3.29. The minimum absolute atomic E-state index is 0.462. The minimum Gasteiger partial charge on any atom is -0.397 e. The summed E-state index contributed by atoms with van der Waals surface area (Å²) in [5.74, 6) is 0.579. The van der Waals surface area contributed by atoms with Gasteiger partial charge in [0, 0.05) is 6.54 Å². The summed E-state index contributed by atoms with van der Waals surface area (Å²) in [6.45, 7) is 9.96. The predicted molar refractivity (Wildman–Crippen MR) is 112 cm³/mol. The van der Waals surface area contributed by atoms with Crippen molar-refractivity contribution in [3.8, 4) is 0 Å². The Morgan fingerprint density at radius 2 is 1.73 bits per heavy atom. The van der Waals surface area contributed by atoms with Crippen LogP contribution in [0.4, 0.5) is 5.82 Å². The molecule has 0 unspecified atom stereocenters. The number of aryl methyl sites for hydroxylation is 1. The molecule has 2 aromatic rings. The van der Waals surface area contributed by atoms with Crippen LogP contribution in [0.5, 0.6) is 0 Å². The number of hydrogen-bond acceptors (Lipinski definition) is 4. The second-order valence-electron chi connectivity index (χ2n) is 6.21. The first-order valence-electron chi connectivity index (χ1n) is 9.34. The Hall–Kier alpha value is -1.98. The van der Waals surface area contributed by atoms with E-state index in [9.17, 15) is 0 Å². The average molecular weight is 376 g/mol. The first-order valence-corrected chi connectivity index (χ1v) is 9.72. The molecule has 1 aliphatic heterocycles. The summed E-state index contributed by atoms with van der Waals surface area (Å²) in [5, 5.41) is 5.02. The standard InChI is InChI=1S/C18H24ClN5.C2H6/c1-13-15(16(19)17(20)14-7-3-2-4-8-14)18(21)24(22-13)12-11-23-9-5-6-10-23;1-2/h2-4,7-8H,5-6,9-12,20-21H2,1H3;1-2H3/b17-16+;. The van der Waals surface area contributed by atoms with E-state index >= 15 is 0 Å². The van der Waals surface area contributed by atoms with Crippen LogP contribution >= 0.6 is 11.6 Å². The van der Waals surface area contributed by atoms with Crippen molar-refractivity contribution in [2.75, 3.05) is 25.4 Å². The summed E-state index contributed by atoms with van der Waals surface area (Å²) in [7, 11) is 0. The van der Waals surface area contributed by atoms with E-state index < -0.39 is 0 Å². The van der Waals surface area contributed by atoms with Crippen molar-refractivity contribution in [3.63, 3.8) is 0 Å². The predicted octanol–water partition coefficient (Wildman–Crippen LogP) is 3.92. The van der Waals surface area contributed by atoms with Gasteiger partial charge < -0.3 is 16.4 Å². The fraction of sp³-hybridized carbons (Fsp3) is 0.450. The SMILES string of the molecule is CC.Cc1nn(CCN2CCCC2)c(N)c1/C(Cl)=C(\N)c1ccccc1. The quantitative estimate of drug-likeness (QED) is 0.830. The Morgan fingerprint density at radius 1 is 1.12 bits per heavy atom. The van der Waals surface area contributed by atoms with Gasteiger partial charge in [-0.25, -0.2) is 4.68 Å². The van der Waals surface area contributed by atoms with E-state index in [1.165, 1.54) is 12.8 Å². The van der Waals surface area contributed by atoms with Crippen molar-refractivity contribution < 1.29 is 0 Å². The molecule has 1 aromatic carbocycles. The van der Waals surface area contributed by atoms with Gasteiger partial charge >= 0.3 is 0 Å². The highest BCUT2D eigenvalue weighted by Gasteiger charge is 2.19. The number of benzene rings is 1. The van der Waals surface area contributed by atoms with Crippen LogP contribution in [-0.4, -0.2) is 34.3 Å². The van der Waals surface area contributed by atoms with Gasteiger partial charge in [-0.2, -0.15) is 5.10 Å². The van der Waals surface area contributed by atoms with E-state index in [-0.39, 0.29) is 0 Å². The number of likely N-dealkylation sites (tertiary alicyclic amines) is 1. The molecule has 142 valence electrons. The minimum atomic E-state index is 0.462. The third-order valence-corrected chi connectivity index (χ3v) is 4.93. The van der Waals surface area contributed by atoms with E-state index in [2.05, 4.69) is 10.00 Å². The van der Waals surface area contributed by atoms with Crippen LogP contribution in [0, 0.1) is 6.92 Å². The van der Waals surface area contributed by atoms with Gasteiger partial charge in [-0.15, -0.1) is 0 Å². The molecule has 0 spiro atoms. The van der Waals surface area contributed by atoms with Crippen molar-refractivity contribution in [2.45, 2.75) is 40.2 Å². The first-order chi connectivity index (χ1) is 12.6. The molecule has 3 rings (SSSR count). The van der Waals surface area contributed by atoms with Crippen LogP contribution in [0.15, 0.2) is 30.3 Å². The van der Waals surface area contributed by atoms with Crippen molar-refractivity contribution in [3.05, 3.63) is 47.2 Å². The molecule has 1 aliphatic rings. The summed E-state index contributed by atoms with van der Waals surface area (Å²) in [5.41, 5.74) is 15.5. The van der Waals surface area contributed by atoms with E-state index in [1.807, 2.05) is 55.8 Å². The molecule has 26 heavy (non-hydrogen) atoms. The third kappa shape index (κ3) is 4.59. The van der Waals surface area contributed by atoms with Crippen molar-refractivity contribution in [2.24, 2.45) is 5.73 Å². The van der Waals surface area contributed by atoms with Gasteiger partial charge in [0.1, 0.15) is 5.82 Å². The normalized spacial score (nSPS) is 15.4. The molecule has 1 fully saturated rings. The Kier molecular flexibility index (Phi) is 7.54. The third-order valence-electron chi connectivity index (χ3n) is 4.53. The molecule has 4 N–H and O–H groups in total.